The highest BCUT2D eigenvalue weighted by molar-refractivity contribution is 7.92. The van der Waals surface area contributed by atoms with Crippen LogP contribution in [0.1, 0.15) is 12.5 Å². The number of amides is 1. The summed E-state index contributed by atoms with van der Waals surface area (Å²) in [6, 6.07) is 19.1. The minimum Gasteiger partial charge on any atom is -0.427 e. The van der Waals surface area contributed by atoms with Gasteiger partial charge in [0.2, 0.25) is 10.0 Å². The van der Waals surface area contributed by atoms with Gasteiger partial charge in [0.1, 0.15) is 12.3 Å². The number of hydrazone groups is 1. The molecule has 0 bridgehead atoms. The maximum absolute atomic E-state index is 12.4. The second kappa shape index (κ2) is 9.40. The molecule has 0 fully saturated rings. The molecule has 0 aliphatic carbocycles. The third kappa shape index (κ3) is 5.89. The second-order valence-corrected chi connectivity index (χ2v) is 8.63. The molecule has 0 saturated heterocycles. The summed E-state index contributed by atoms with van der Waals surface area (Å²) in [5.74, 6) is -0.617. The second-order valence-electron chi connectivity index (χ2n) is 6.72. The fraction of sp³-hybridized carbons (Fsp3) is 0.136. The van der Waals surface area contributed by atoms with Gasteiger partial charge in [0.25, 0.3) is 5.91 Å². The van der Waals surface area contributed by atoms with E-state index in [0.29, 0.717) is 17.0 Å². The van der Waals surface area contributed by atoms with Crippen LogP contribution >= 0.6 is 0 Å². The number of hydrogen-bond acceptors (Lipinski definition) is 6. The molecule has 0 unspecified atom stereocenters. The molecule has 0 aromatic heterocycles. The summed E-state index contributed by atoms with van der Waals surface area (Å²) in [5.41, 5.74) is 3.41. The van der Waals surface area contributed by atoms with Gasteiger partial charge in [0.15, 0.2) is 0 Å². The number of nitrogens with zero attached hydrogens (tertiary/aromatic N) is 2. The van der Waals surface area contributed by atoms with Gasteiger partial charge in [-0.05, 0) is 41.3 Å². The molecule has 3 aromatic rings. The molecule has 31 heavy (non-hydrogen) atoms. The highest BCUT2D eigenvalue weighted by Crippen LogP contribution is 2.28. The Bertz CT molecular complexity index is 1230. The first-order valence-electron chi connectivity index (χ1n) is 9.30. The van der Waals surface area contributed by atoms with Crippen molar-refractivity contribution in [1.29, 1.82) is 0 Å². The molecular weight excluding hydrogens is 418 g/mol. The smallest absolute Gasteiger partial charge is 0.308 e. The lowest BCUT2D eigenvalue weighted by molar-refractivity contribution is -0.131. The Kier molecular flexibility index (Phi) is 6.66. The van der Waals surface area contributed by atoms with Gasteiger partial charge in [0.05, 0.1) is 18.2 Å². The Balaban J connectivity index is 1.72. The molecule has 0 aliphatic rings. The van der Waals surface area contributed by atoms with E-state index in [4.69, 9.17) is 4.74 Å². The number of esters is 1. The quantitative estimate of drug-likeness (QED) is 0.264. The molecule has 1 amide bonds. The van der Waals surface area contributed by atoms with Gasteiger partial charge in [-0.3, -0.25) is 13.9 Å². The van der Waals surface area contributed by atoms with Gasteiger partial charge in [-0.25, -0.2) is 13.8 Å². The Labute approximate surface area is 180 Å². The van der Waals surface area contributed by atoms with Crippen molar-refractivity contribution in [3.63, 3.8) is 0 Å². The lowest BCUT2D eigenvalue weighted by Crippen LogP contribution is -2.39. The molecule has 0 radical (unpaired) electrons. The van der Waals surface area contributed by atoms with Gasteiger partial charge in [-0.15, -0.1) is 0 Å². The standard InChI is InChI=1S/C22H21N3O5S/c1-16(26)30-19-12-10-17(11-13-19)14-23-24-22(27)15-25(31(2,28)29)21-9-5-7-18-6-3-4-8-20(18)21/h3-14H,15H2,1-2H3,(H,24,27)/b23-14-. The van der Waals surface area contributed by atoms with Crippen molar-refractivity contribution in [2.45, 2.75) is 6.92 Å². The fourth-order valence-electron chi connectivity index (χ4n) is 2.94. The van der Waals surface area contributed by atoms with Gasteiger partial charge >= 0.3 is 5.97 Å². The number of benzene rings is 3. The first kappa shape index (κ1) is 22.0. The zero-order valence-electron chi connectivity index (χ0n) is 17.0. The molecule has 3 rings (SSSR count). The van der Waals surface area contributed by atoms with Crippen LogP contribution in [0.5, 0.6) is 5.75 Å². The highest BCUT2D eigenvalue weighted by atomic mass is 32.2. The number of hydrogen-bond donors (Lipinski definition) is 1. The monoisotopic (exact) mass is 439 g/mol. The number of nitrogens with one attached hydrogen (secondary N) is 1. The third-order valence-corrected chi connectivity index (χ3v) is 5.39. The van der Waals surface area contributed by atoms with Crippen molar-refractivity contribution >= 4 is 44.6 Å². The number of anilines is 1. The molecule has 0 saturated carbocycles. The van der Waals surface area contributed by atoms with Crippen molar-refractivity contribution in [2.75, 3.05) is 17.1 Å². The Morgan fingerprint density at radius 2 is 1.71 bits per heavy atom. The molecule has 0 atom stereocenters. The van der Waals surface area contributed by atoms with Crippen LogP contribution in [0.3, 0.4) is 0 Å². The number of rotatable bonds is 7. The normalized spacial score (nSPS) is 11.4. The van der Waals surface area contributed by atoms with Crippen molar-refractivity contribution < 1.29 is 22.7 Å². The highest BCUT2D eigenvalue weighted by Gasteiger charge is 2.22. The largest absolute Gasteiger partial charge is 0.427 e. The van der Waals surface area contributed by atoms with Gasteiger partial charge < -0.3 is 4.74 Å². The molecule has 0 aliphatic heterocycles. The lowest BCUT2D eigenvalue weighted by Gasteiger charge is -2.23. The maximum atomic E-state index is 12.4. The zero-order chi connectivity index (χ0) is 22.4. The van der Waals surface area contributed by atoms with Gasteiger partial charge in [-0.2, -0.15) is 5.10 Å². The summed E-state index contributed by atoms with van der Waals surface area (Å²) in [5, 5.41) is 5.46. The van der Waals surface area contributed by atoms with Crippen LogP contribution in [0.15, 0.2) is 71.8 Å². The molecule has 9 heteroatoms. The van der Waals surface area contributed by atoms with Crippen LogP contribution in [-0.4, -0.2) is 39.3 Å². The van der Waals surface area contributed by atoms with E-state index < -0.39 is 28.4 Å². The van der Waals surface area contributed by atoms with E-state index in [1.807, 2.05) is 24.3 Å². The molecule has 1 N–H and O–H groups in total. The maximum Gasteiger partial charge on any atom is 0.308 e. The summed E-state index contributed by atoms with van der Waals surface area (Å²) in [6.07, 6.45) is 2.45. The average molecular weight is 439 g/mol. The summed E-state index contributed by atoms with van der Waals surface area (Å²) < 4.78 is 30.8. The first-order chi connectivity index (χ1) is 14.7. The number of sulfonamides is 1. The molecule has 0 spiro atoms. The summed E-state index contributed by atoms with van der Waals surface area (Å²) in [7, 11) is -3.72. The lowest BCUT2D eigenvalue weighted by atomic mass is 10.1. The van der Waals surface area contributed by atoms with Crippen LogP contribution in [-0.2, 0) is 19.6 Å². The minimum atomic E-state index is -3.72. The number of carbonyl (C=O) groups is 2. The topological polar surface area (TPSA) is 105 Å². The van der Waals surface area contributed by atoms with Gasteiger partial charge in [0, 0.05) is 12.3 Å². The summed E-state index contributed by atoms with van der Waals surface area (Å²) in [4.78, 5) is 23.3. The van der Waals surface area contributed by atoms with Crippen LogP contribution in [0.2, 0.25) is 0 Å². The van der Waals surface area contributed by atoms with E-state index in [0.717, 1.165) is 21.3 Å². The van der Waals surface area contributed by atoms with Crippen LogP contribution in [0, 0.1) is 0 Å². The number of fused-ring (bicyclic) bond motifs is 1. The Morgan fingerprint density at radius 1 is 1.03 bits per heavy atom. The fourth-order valence-corrected chi connectivity index (χ4v) is 3.81. The SMILES string of the molecule is CC(=O)Oc1ccc(/C=N\NC(=O)CN(c2cccc3ccccc23)S(C)(=O)=O)cc1. The van der Waals surface area contributed by atoms with Crippen LogP contribution in [0.25, 0.3) is 10.8 Å². The van der Waals surface area contributed by atoms with Crippen molar-refractivity contribution in [3.05, 3.63) is 72.3 Å². The number of ether oxygens (including phenoxy) is 1. The third-order valence-electron chi connectivity index (χ3n) is 4.27. The van der Waals surface area contributed by atoms with Gasteiger partial charge in [-0.1, -0.05) is 36.4 Å². The first-order valence-corrected chi connectivity index (χ1v) is 11.1. The molecule has 160 valence electrons. The molecule has 0 heterocycles. The predicted molar refractivity (Wildman–Crippen MR) is 120 cm³/mol. The summed E-state index contributed by atoms with van der Waals surface area (Å²) in [6.45, 7) is 0.887. The van der Waals surface area contributed by atoms with E-state index in [2.05, 4.69) is 10.5 Å². The van der Waals surface area contributed by atoms with E-state index in [9.17, 15) is 18.0 Å². The van der Waals surface area contributed by atoms with E-state index >= 15 is 0 Å². The average Bonchev–Trinajstić information content (AvgIpc) is 2.72. The van der Waals surface area contributed by atoms with Crippen molar-refractivity contribution in [2.24, 2.45) is 5.10 Å². The predicted octanol–water partition coefficient (Wildman–Crippen LogP) is 2.68. The summed E-state index contributed by atoms with van der Waals surface area (Å²) >= 11 is 0. The van der Waals surface area contributed by atoms with E-state index in [1.54, 1.807) is 42.5 Å². The minimum absolute atomic E-state index is 0.396. The molecule has 3 aromatic carbocycles. The molecular formula is C22H21N3O5S. The molecule has 8 nitrogen and oxygen atoms in total. The van der Waals surface area contributed by atoms with Crippen LogP contribution in [0.4, 0.5) is 5.69 Å². The Morgan fingerprint density at radius 3 is 2.39 bits per heavy atom. The van der Waals surface area contributed by atoms with Crippen molar-refractivity contribution in [3.8, 4) is 5.75 Å². The Hall–Kier alpha value is -3.72. The number of carbonyl (C=O) groups excluding carboxylic acids is 2. The zero-order valence-corrected chi connectivity index (χ0v) is 17.8. The van der Waals surface area contributed by atoms with Crippen molar-refractivity contribution in [1.82, 2.24) is 5.43 Å². The van der Waals surface area contributed by atoms with E-state index in [1.165, 1.54) is 13.1 Å². The van der Waals surface area contributed by atoms with Crippen LogP contribution < -0.4 is 14.5 Å². The van der Waals surface area contributed by atoms with E-state index in [-0.39, 0.29) is 0 Å².